The molecule has 0 bridgehead atoms. The first-order chi connectivity index (χ1) is 8.08. The molecule has 17 heavy (non-hydrogen) atoms. The number of nitrogens with zero attached hydrogens (tertiary/aromatic N) is 1. The quantitative estimate of drug-likeness (QED) is 0.836. The number of urea groups is 1. The first-order valence-corrected chi connectivity index (χ1v) is 5.05. The third-order valence-electron chi connectivity index (χ3n) is 2.19. The molecule has 0 aliphatic rings. The van der Waals surface area contributed by atoms with Gasteiger partial charge < -0.3 is 20.1 Å². The molecule has 0 fully saturated rings. The SMILES string of the molecule is COc1ccc(NC(=O)N(C)CCO)cc1F. The van der Waals surface area contributed by atoms with Gasteiger partial charge in [-0.2, -0.15) is 0 Å². The van der Waals surface area contributed by atoms with Crippen LogP contribution in [-0.2, 0) is 0 Å². The van der Waals surface area contributed by atoms with Gasteiger partial charge in [-0.05, 0) is 12.1 Å². The van der Waals surface area contributed by atoms with E-state index in [9.17, 15) is 9.18 Å². The normalized spacial score (nSPS) is 9.88. The number of likely N-dealkylation sites (N-methyl/N-ethyl adjacent to an activating group) is 1. The van der Waals surface area contributed by atoms with Gasteiger partial charge in [0.15, 0.2) is 11.6 Å². The average molecular weight is 242 g/mol. The minimum Gasteiger partial charge on any atom is -0.494 e. The molecule has 94 valence electrons. The van der Waals surface area contributed by atoms with Crippen LogP contribution >= 0.6 is 0 Å². The lowest BCUT2D eigenvalue weighted by atomic mass is 10.3. The molecule has 0 aromatic heterocycles. The van der Waals surface area contributed by atoms with E-state index in [0.29, 0.717) is 5.69 Å². The van der Waals surface area contributed by atoms with E-state index in [1.807, 2.05) is 0 Å². The van der Waals surface area contributed by atoms with Crippen LogP contribution in [-0.4, -0.2) is 43.3 Å². The van der Waals surface area contributed by atoms with E-state index in [2.05, 4.69) is 5.32 Å². The number of hydrogen-bond donors (Lipinski definition) is 2. The monoisotopic (exact) mass is 242 g/mol. The molecule has 1 rings (SSSR count). The zero-order chi connectivity index (χ0) is 12.8. The van der Waals surface area contributed by atoms with Crippen molar-refractivity contribution in [2.24, 2.45) is 0 Å². The van der Waals surface area contributed by atoms with Gasteiger partial charge in [-0.15, -0.1) is 0 Å². The Balaban J connectivity index is 2.69. The van der Waals surface area contributed by atoms with Crippen molar-refractivity contribution in [3.63, 3.8) is 0 Å². The summed E-state index contributed by atoms with van der Waals surface area (Å²) in [5, 5.41) is 11.2. The molecule has 5 nitrogen and oxygen atoms in total. The molecule has 2 amide bonds. The van der Waals surface area contributed by atoms with Crippen LogP contribution in [0.2, 0.25) is 0 Å². The van der Waals surface area contributed by atoms with Gasteiger partial charge >= 0.3 is 6.03 Å². The summed E-state index contributed by atoms with van der Waals surface area (Å²) in [6.45, 7) is 0.0887. The maximum Gasteiger partial charge on any atom is 0.321 e. The number of rotatable bonds is 4. The lowest BCUT2D eigenvalue weighted by molar-refractivity contribution is 0.202. The second-order valence-corrected chi connectivity index (χ2v) is 3.42. The van der Waals surface area contributed by atoms with Crippen LogP contribution in [0.15, 0.2) is 18.2 Å². The van der Waals surface area contributed by atoms with Crippen molar-refractivity contribution >= 4 is 11.7 Å². The Hall–Kier alpha value is -1.82. The summed E-state index contributed by atoms with van der Waals surface area (Å²) in [4.78, 5) is 12.8. The summed E-state index contributed by atoms with van der Waals surface area (Å²) in [7, 11) is 2.90. The highest BCUT2D eigenvalue weighted by molar-refractivity contribution is 5.89. The van der Waals surface area contributed by atoms with E-state index < -0.39 is 11.8 Å². The third kappa shape index (κ3) is 3.60. The molecule has 0 aliphatic heterocycles. The molecule has 2 N–H and O–H groups in total. The van der Waals surface area contributed by atoms with Gasteiger partial charge in [0.25, 0.3) is 0 Å². The Labute approximate surface area is 98.8 Å². The first kappa shape index (κ1) is 13.2. The molecule has 0 unspecified atom stereocenters. The van der Waals surface area contributed by atoms with E-state index in [1.165, 1.54) is 37.3 Å². The van der Waals surface area contributed by atoms with Gasteiger partial charge in [0.1, 0.15) is 0 Å². The second kappa shape index (κ2) is 6.05. The Morgan fingerprint density at radius 1 is 1.59 bits per heavy atom. The number of amides is 2. The molecular formula is C11H15FN2O3. The molecular weight excluding hydrogens is 227 g/mol. The fraction of sp³-hybridized carbons (Fsp3) is 0.364. The fourth-order valence-corrected chi connectivity index (χ4v) is 1.21. The van der Waals surface area contributed by atoms with Crippen molar-refractivity contribution in [3.05, 3.63) is 24.0 Å². The van der Waals surface area contributed by atoms with Gasteiger partial charge in [-0.1, -0.05) is 0 Å². The number of methoxy groups -OCH3 is 1. The zero-order valence-electron chi connectivity index (χ0n) is 9.74. The van der Waals surface area contributed by atoms with E-state index in [-0.39, 0.29) is 18.9 Å². The van der Waals surface area contributed by atoms with Crippen molar-refractivity contribution in [3.8, 4) is 5.75 Å². The molecule has 0 heterocycles. The van der Waals surface area contributed by atoms with Gasteiger partial charge in [0.2, 0.25) is 0 Å². The summed E-state index contributed by atoms with van der Waals surface area (Å²) < 4.78 is 18.1. The van der Waals surface area contributed by atoms with E-state index in [4.69, 9.17) is 9.84 Å². The number of ether oxygens (including phenoxy) is 1. The van der Waals surface area contributed by atoms with Crippen LogP contribution in [0.4, 0.5) is 14.9 Å². The van der Waals surface area contributed by atoms with Crippen LogP contribution in [0.5, 0.6) is 5.75 Å². The van der Waals surface area contributed by atoms with Crippen LogP contribution < -0.4 is 10.1 Å². The Morgan fingerprint density at radius 2 is 2.29 bits per heavy atom. The summed E-state index contributed by atoms with van der Waals surface area (Å²) in [6, 6.07) is 3.72. The minimum atomic E-state index is -0.546. The number of benzene rings is 1. The Bertz CT molecular complexity index is 398. The van der Waals surface area contributed by atoms with Crippen LogP contribution in [0.3, 0.4) is 0 Å². The third-order valence-corrected chi connectivity index (χ3v) is 2.19. The molecule has 1 aromatic carbocycles. The molecule has 0 radical (unpaired) electrons. The highest BCUT2D eigenvalue weighted by Gasteiger charge is 2.09. The number of halogens is 1. The van der Waals surface area contributed by atoms with Crippen molar-refractivity contribution in [1.82, 2.24) is 4.90 Å². The van der Waals surface area contributed by atoms with Crippen LogP contribution in [0, 0.1) is 5.82 Å². The smallest absolute Gasteiger partial charge is 0.321 e. The van der Waals surface area contributed by atoms with Gasteiger partial charge in [0.05, 0.1) is 13.7 Å². The lowest BCUT2D eigenvalue weighted by Crippen LogP contribution is -2.33. The van der Waals surface area contributed by atoms with Crippen molar-refractivity contribution in [1.29, 1.82) is 0 Å². The predicted octanol–water partition coefficient (Wildman–Crippen LogP) is 1.29. The number of carbonyl (C=O) groups excluding carboxylic acids is 1. The number of aliphatic hydroxyl groups excluding tert-OH is 1. The van der Waals surface area contributed by atoms with Gasteiger partial charge in [-0.25, -0.2) is 9.18 Å². The Kier molecular flexibility index (Phi) is 4.71. The summed E-state index contributed by atoms with van der Waals surface area (Å²) >= 11 is 0. The van der Waals surface area contributed by atoms with Gasteiger partial charge in [0, 0.05) is 25.3 Å². The molecule has 0 saturated heterocycles. The van der Waals surface area contributed by atoms with E-state index in [1.54, 1.807) is 0 Å². The number of aliphatic hydroxyl groups is 1. The van der Waals surface area contributed by atoms with E-state index in [0.717, 1.165) is 0 Å². The number of nitrogens with one attached hydrogen (secondary N) is 1. The zero-order valence-corrected chi connectivity index (χ0v) is 9.74. The standard InChI is InChI=1S/C11H15FN2O3/c1-14(5-6-15)11(16)13-8-3-4-10(17-2)9(12)7-8/h3-4,7,15H,5-6H2,1-2H3,(H,13,16). The maximum atomic E-state index is 13.3. The van der Waals surface area contributed by atoms with E-state index >= 15 is 0 Å². The van der Waals surface area contributed by atoms with Crippen molar-refractivity contribution in [2.45, 2.75) is 0 Å². The fourth-order valence-electron chi connectivity index (χ4n) is 1.21. The summed E-state index contributed by atoms with van der Waals surface area (Å²) in [5.74, 6) is -0.429. The van der Waals surface area contributed by atoms with Crippen LogP contribution in [0.25, 0.3) is 0 Å². The molecule has 0 aliphatic carbocycles. The predicted molar refractivity (Wildman–Crippen MR) is 61.7 cm³/mol. The van der Waals surface area contributed by atoms with Crippen LogP contribution in [0.1, 0.15) is 0 Å². The maximum absolute atomic E-state index is 13.3. The molecule has 0 saturated carbocycles. The first-order valence-electron chi connectivity index (χ1n) is 5.05. The molecule has 0 spiro atoms. The average Bonchev–Trinajstić information content (AvgIpc) is 2.29. The minimum absolute atomic E-state index is 0.117. The Morgan fingerprint density at radius 3 is 2.82 bits per heavy atom. The highest BCUT2D eigenvalue weighted by Crippen LogP contribution is 2.20. The molecule has 0 atom stereocenters. The number of hydrogen-bond acceptors (Lipinski definition) is 3. The second-order valence-electron chi connectivity index (χ2n) is 3.42. The highest BCUT2D eigenvalue weighted by atomic mass is 19.1. The summed E-state index contributed by atoms with van der Waals surface area (Å²) in [6.07, 6.45) is 0. The topological polar surface area (TPSA) is 61.8 Å². The largest absolute Gasteiger partial charge is 0.494 e. The van der Waals surface area contributed by atoms with Crippen molar-refractivity contribution in [2.75, 3.05) is 32.6 Å². The lowest BCUT2D eigenvalue weighted by Gasteiger charge is -2.16. The number of anilines is 1. The molecule has 1 aromatic rings. The number of carbonyl (C=O) groups is 1. The van der Waals surface area contributed by atoms with Crippen molar-refractivity contribution < 1.29 is 19.0 Å². The summed E-state index contributed by atoms with van der Waals surface area (Å²) in [5.41, 5.74) is 0.332. The van der Waals surface area contributed by atoms with Gasteiger partial charge in [-0.3, -0.25) is 0 Å². The molecule has 6 heteroatoms.